The molecule has 0 radical (unpaired) electrons. The second-order valence-corrected chi connectivity index (χ2v) is 6.58. The first kappa shape index (κ1) is 11.8. The van der Waals surface area contributed by atoms with Crippen LogP contribution in [0.25, 0.3) is 17.1 Å². The summed E-state index contributed by atoms with van der Waals surface area (Å²) < 4.78 is 2.45. The Morgan fingerprint density at radius 3 is 3.05 bits per heavy atom. The summed E-state index contributed by atoms with van der Waals surface area (Å²) in [6, 6.07) is 9.42. The summed E-state index contributed by atoms with van der Waals surface area (Å²) in [6.45, 7) is 4.61. The molecule has 2 nitrogen and oxygen atoms in total. The molecule has 2 heteroatoms. The molecular weight excluding hydrogens is 256 g/mol. The highest BCUT2D eigenvalue weighted by Gasteiger charge is 2.46. The lowest BCUT2D eigenvalue weighted by Gasteiger charge is -2.50. The van der Waals surface area contributed by atoms with Crippen LogP contribution < -0.4 is 0 Å². The summed E-state index contributed by atoms with van der Waals surface area (Å²) in [5.74, 6) is 0. The van der Waals surface area contributed by atoms with E-state index in [-0.39, 0.29) is 5.41 Å². The molecule has 0 saturated heterocycles. The maximum Gasteiger partial charge on any atom is 0.0637 e. The fourth-order valence-corrected chi connectivity index (χ4v) is 4.71. The molecule has 1 aromatic heterocycles. The summed E-state index contributed by atoms with van der Waals surface area (Å²) >= 11 is 0. The zero-order valence-electron chi connectivity index (χ0n) is 12.4. The van der Waals surface area contributed by atoms with Gasteiger partial charge in [0, 0.05) is 35.8 Å². The molecule has 3 aliphatic rings. The molecule has 2 aromatic rings. The third-order valence-corrected chi connectivity index (χ3v) is 5.75. The fraction of sp³-hybridized carbons (Fsp3) is 0.368. The Bertz CT molecular complexity index is 795. The third-order valence-electron chi connectivity index (χ3n) is 5.75. The molecule has 0 unspecified atom stereocenters. The van der Waals surface area contributed by atoms with Crippen molar-refractivity contribution in [1.82, 2.24) is 9.47 Å². The normalized spacial score (nSPS) is 29.9. The predicted molar refractivity (Wildman–Crippen MR) is 87.2 cm³/mol. The van der Waals surface area contributed by atoms with Crippen molar-refractivity contribution >= 4 is 17.1 Å². The van der Waals surface area contributed by atoms with Gasteiger partial charge >= 0.3 is 0 Å². The van der Waals surface area contributed by atoms with Crippen molar-refractivity contribution in [3.8, 4) is 0 Å². The van der Waals surface area contributed by atoms with E-state index in [4.69, 9.17) is 0 Å². The SMILES string of the molecule is CC[C@]12C=CCN3CCc4c(n(c5ccccc45)C=C1)[C@@H]32. The predicted octanol–water partition coefficient (Wildman–Crippen LogP) is 3.99. The summed E-state index contributed by atoms with van der Waals surface area (Å²) in [5, 5.41) is 1.46. The number of rotatable bonds is 1. The van der Waals surface area contributed by atoms with Crippen LogP contribution in [0.3, 0.4) is 0 Å². The highest BCUT2D eigenvalue weighted by molar-refractivity contribution is 5.88. The van der Waals surface area contributed by atoms with Crippen molar-refractivity contribution in [1.29, 1.82) is 0 Å². The molecule has 0 bridgehead atoms. The van der Waals surface area contributed by atoms with Crippen molar-refractivity contribution < 1.29 is 0 Å². The molecule has 0 spiro atoms. The third kappa shape index (κ3) is 1.32. The van der Waals surface area contributed by atoms with Crippen LogP contribution >= 0.6 is 0 Å². The molecule has 0 N–H and O–H groups in total. The Hall–Kier alpha value is -1.80. The molecule has 1 aromatic carbocycles. The Balaban J connectivity index is 1.89. The van der Waals surface area contributed by atoms with Crippen LogP contribution in [0, 0.1) is 5.41 Å². The smallest absolute Gasteiger partial charge is 0.0637 e. The van der Waals surface area contributed by atoms with Crippen LogP contribution in [-0.4, -0.2) is 22.6 Å². The van der Waals surface area contributed by atoms with Gasteiger partial charge in [-0.05, 0) is 24.5 Å². The summed E-state index contributed by atoms with van der Waals surface area (Å²) in [7, 11) is 0. The van der Waals surface area contributed by atoms with Gasteiger partial charge in [-0.2, -0.15) is 0 Å². The van der Waals surface area contributed by atoms with E-state index in [1.54, 1.807) is 11.3 Å². The number of para-hydroxylation sites is 1. The minimum atomic E-state index is 0.192. The summed E-state index contributed by atoms with van der Waals surface area (Å²) in [4.78, 5) is 2.67. The Morgan fingerprint density at radius 2 is 2.14 bits per heavy atom. The van der Waals surface area contributed by atoms with Crippen molar-refractivity contribution in [2.45, 2.75) is 25.8 Å². The quantitative estimate of drug-likeness (QED) is 0.715. The van der Waals surface area contributed by atoms with E-state index in [1.807, 2.05) is 0 Å². The molecule has 5 rings (SSSR count). The number of fused-ring (bicyclic) bond motifs is 3. The van der Waals surface area contributed by atoms with Crippen molar-refractivity contribution in [2.75, 3.05) is 13.1 Å². The Morgan fingerprint density at radius 1 is 1.24 bits per heavy atom. The largest absolute Gasteiger partial charge is 0.319 e. The maximum atomic E-state index is 2.67. The van der Waals surface area contributed by atoms with E-state index >= 15 is 0 Å². The molecule has 3 aliphatic heterocycles. The molecule has 0 saturated carbocycles. The van der Waals surface area contributed by atoms with E-state index in [1.165, 1.54) is 30.3 Å². The summed E-state index contributed by atoms with van der Waals surface area (Å²) in [6.07, 6.45) is 11.9. The van der Waals surface area contributed by atoms with Gasteiger partial charge in [0.1, 0.15) is 0 Å². The minimum absolute atomic E-state index is 0.192. The lowest BCUT2D eigenvalue weighted by molar-refractivity contribution is 0.103. The standard InChI is InChI=1S/C19H20N2/c1-2-19-9-5-11-20-12-8-15-14-6-3-4-7-16(14)21(13-10-19)17(15)18(19)20/h3-7,9-10,13,18H,2,8,11-12H2,1H3/t18-,19+/m1/s1. The topological polar surface area (TPSA) is 8.17 Å². The van der Waals surface area contributed by atoms with E-state index in [2.05, 4.69) is 65.1 Å². The van der Waals surface area contributed by atoms with Crippen LogP contribution in [0.1, 0.15) is 30.6 Å². The van der Waals surface area contributed by atoms with Crippen LogP contribution in [0.2, 0.25) is 0 Å². The van der Waals surface area contributed by atoms with Gasteiger partial charge in [-0.3, -0.25) is 4.90 Å². The van der Waals surface area contributed by atoms with Crippen LogP contribution in [0.5, 0.6) is 0 Å². The molecule has 106 valence electrons. The number of hydrogen-bond acceptors (Lipinski definition) is 1. The zero-order chi connectivity index (χ0) is 14.0. The monoisotopic (exact) mass is 276 g/mol. The molecule has 21 heavy (non-hydrogen) atoms. The van der Waals surface area contributed by atoms with E-state index in [0.29, 0.717) is 6.04 Å². The van der Waals surface area contributed by atoms with Crippen LogP contribution in [0.15, 0.2) is 42.5 Å². The van der Waals surface area contributed by atoms with Crippen molar-refractivity contribution in [2.24, 2.45) is 5.41 Å². The second-order valence-electron chi connectivity index (χ2n) is 6.58. The van der Waals surface area contributed by atoms with Gasteiger partial charge in [0.2, 0.25) is 0 Å². The van der Waals surface area contributed by atoms with Gasteiger partial charge < -0.3 is 4.57 Å². The fourth-order valence-electron chi connectivity index (χ4n) is 4.71. The molecule has 2 atom stereocenters. The minimum Gasteiger partial charge on any atom is -0.319 e. The number of aromatic nitrogens is 1. The molecule has 4 heterocycles. The van der Waals surface area contributed by atoms with Gasteiger partial charge in [-0.25, -0.2) is 0 Å². The number of hydrogen-bond donors (Lipinski definition) is 0. The van der Waals surface area contributed by atoms with E-state index in [0.717, 1.165) is 6.54 Å². The Kier molecular flexibility index (Phi) is 2.19. The highest BCUT2D eigenvalue weighted by atomic mass is 15.2. The lowest BCUT2D eigenvalue weighted by Crippen LogP contribution is -2.47. The molecule has 0 amide bonds. The van der Waals surface area contributed by atoms with Crippen molar-refractivity contribution in [3.63, 3.8) is 0 Å². The van der Waals surface area contributed by atoms with E-state index in [9.17, 15) is 0 Å². The molecule has 0 aliphatic carbocycles. The molecular formula is C19H20N2. The van der Waals surface area contributed by atoms with Gasteiger partial charge in [0.05, 0.1) is 11.6 Å². The lowest BCUT2D eigenvalue weighted by atomic mass is 9.70. The maximum absolute atomic E-state index is 2.67. The van der Waals surface area contributed by atoms with Gasteiger partial charge in [-0.15, -0.1) is 0 Å². The average molecular weight is 276 g/mol. The van der Waals surface area contributed by atoms with E-state index < -0.39 is 0 Å². The second kappa shape index (κ2) is 3.89. The van der Waals surface area contributed by atoms with Crippen molar-refractivity contribution in [3.05, 3.63) is 53.8 Å². The first-order valence-corrected chi connectivity index (χ1v) is 8.07. The van der Waals surface area contributed by atoms with Crippen LogP contribution in [-0.2, 0) is 6.42 Å². The van der Waals surface area contributed by atoms with Gasteiger partial charge in [0.25, 0.3) is 0 Å². The van der Waals surface area contributed by atoms with Gasteiger partial charge in [-0.1, -0.05) is 43.4 Å². The number of benzene rings is 1. The zero-order valence-corrected chi connectivity index (χ0v) is 12.4. The average Bonchev–Trinajstić information content (AvgIpc) is 2.88. The van der Waals surface area contributed by atoms with Gasteiger partial charge in [0.15, 0.2) is 0 Å². The first-order valence-electron chi connectivity index (χ1n) is 8.07. The van der Waals surface area contributed by atoms with Crippen LogP contribution in [0.4, 0.5) is 0 Å². The summed E-state index contributed by atoms with van der Waals surface area (Å²) in [5.41, 5.74) is 4.71. The first-order chi connectivity index (χ1) is 10.3. The number of nitrogens with zero attached hydrogens (tertiary/aromatic N) is 2. The molecule has 0 fully saturated rings. The Labute approximate surface area is 125 Å². The highest BCUT2D eigenvalue weighted by Crippen LogP contribution is 2.53.